The Balaban J connectivity index is 2.51. The molecule has 4 heteroatoms. The highest BCUT2D eigenvalue weighted by atomic mass is 16.5. The van der Waals surface area contributed by atoms with E-state index in [4.69, 9.17) is 15.6 Å². The lowest BCUT2D eigenvalue weighted by atomic mass is 10.2. The van der Waals surface area contributed by atoms with Gasteiger partial charge in [0.25, 0.3) is 0 Å². The van der Waals surface area contributed by atoms with Crippen LogP contribution < -0.4 is 10.5 Å². The summed E-state index contributed by atoms with van der Waals surface area (Å²) >= 11 is 0. The van der Waals surface area contributed by atoms with Gasteiger partial charge in [-0.15, -0.1) is 0 Å². The highest BCUT2D eigenvalue weighted by Crippen LogP contribution is 2.32. The Kier molecular flexibility index (Phi) is 1.40. The van der Waals surface area contributed by atoms with E-state index < -0.39 is 0 Å². The lowest BCUT2D eigenvalue weighted by Gasteiger charge is -2.13. The molecule has 1 aromatic carbocycles. The fraction of sp³-hybridized carbons (Fsp3) is 0.125. The van der Waals surface area contributed by atoms with Crippen LogP contribution >= 0.6 is 0 Å². The number of aromatic hydroxyl groups is 1. The third-order valence-electron chi connectivity index (χ3n) is 1.58. The second-order valence-electron chi connectivity index (χ2n) is 2.54. The van der Waals surface area contributed by atoms with Crippen molar-refractivity contribution in [1.82, 2.24) is 0 Å². The average Bonchev–Trinajstić information content (AvgIpc) is 2.05. The number of nitrogens with two attached hydrogens (primary N) is 1. The minimum Gasteiger partial charge on any atom is -0.508 e. The zero-order valence-electron chi connectivity index (χ0n) is 6.32. The molecule has 1 heterocycles. The van der Waals surface area contributed by atoms with Crippen molar-refractivity contribution in [2.75, 3.05) is 6.61 Å². The molecule has 0 amide bonds. The molecule has 0 unspecified atom stereocenters. The molecule has 12 heavy (non-hydrogen) atoms. The molecule has 0 saturated heterocycles. The number of phenolic OH excluding ortho intramolecular Hbond substituents is 1. The molecule has 3 N–H and O–H groups in total. The third-order valence-corrected chi connectivity index (χ3v) is 1.58. The van der Waals surface area contributed by atoms with Crippen molar-refractivity contribution in [3.05, 3.63) is 18.2 Å². The molecular weight excluding hydrogens is 156 g/mol. The highest BCUT2D eigenvalue weighted by molar-refractivity contribution is 5.87. The van der Waals surface area contributed by atoms with Crippen LogP contribution in [0, 0.1) is 0 Å². The quantitative estimate of drug-likeness (QED) is 0.595. The molecular formula is C8H8N2O2. The standard InChI is InChI=1S/C8H8N2O2/c9-8-4-12-7-3-5(11)1-2-6(7)10-8/h1-3,11H,4H2,(H2,9,10). The minimum atomic E-state index is 0.171. The first kappa shape index (κ1) is 6.97. The van der Waals surface area contributed by atoms with Gasteiger partial charge in [0.05, 0.1) is 0 Å². The normalized spacial score (nSPS) is 14.5. The summed E-state index contributed by atoms with van der Waals surface area (Å²) in [6.07, 6.45) is 0. The Morgan fingerprint density at radius 2 is 2.33 bits per heavy atom. The maximum absolute atomic E-state index is 9.09. The van der Waals surface area contributed by atoms with Crippen LogP contribution in [-0.2, 0) is 0 Å². The molecule has 0 aliphatic carbocycles. The SMILES string of the molecule is NC1=Nc2ccc(O)cc2OC1. The topological polar surface area (TPSA) is 67.8 Å². The molecule has 1 aromatic rings. The third kappa shape index (κ3) is 1.07. The molecule has 1 aliphatic heterocycles. The zero-order valence-corrected chi connectivity index (χ0v) is 6.32. The second kappa shape index (κ2) is 2.41. The summed E-state index contributed by atoms with van der Waals surface area (Å²) in [6, 6.07) is 4.73. The number of aliphatic imine (C=N–C) groups is 1. The second-order valence-corrected chi connectivity index (χ2v) is 2.54. The highest BCUT2D eigenvalue weighted by Gasteiger charge is 2.10. The van der Waals surface area contributed by atoms with Gasteiger partial charge in [-0.05, 0) is 12.1 Å². The predicted octanol–water partition coefficient (Wildman–Crippen LogP) is 0.773. The van der Waals surface area contributed by atoms with Gasteiger partial charge in [-0.2, -0.15) is 0 Å². The van der Waals surface area contributed by atoms with E-state index in [9.17, 15) is 0 Å². The lowest BCUT2D eigenvalue weighted by Crippen LogP contribution is -2.23. The van der Waals surface area contributed by atoms with Crippen LogP contribution in [0.1, 0.15) is 0 Å². The number of benzene rings is 1. The van der Waals surface area contributed by atoms with Gasteiger partial charge >= 0.3 is 0 Å². The Bertz CT molecular complexity index is 347. The minimum absolute atomic E-state index is 0.171. The molecule has 0 bridgehead atoms. The van der Waals surface area contributed by atoms with Gasteiger partial charge in [0.2, 0.25) is 0 Å². The van der Waals surface area contributed by atoms with E-state index in [1.165, 1.54) is 6.07 Å². The predicted molar refractivity (Wildman–Crippen MR) is 44.9 cm³/mol. The Morgan fingerprint density at radius 1 is 1.50 bits per heavy atom. The van der Waals surface area contributed by atoms with E-state index >= 15 is 0 Å². The molecule has 4 nitrogen and oxygen atoms in total. The molecule has 0 saturated carbocycles. The van der Waals surface area contributed by atoms with Crippen molar-refractivity contribution < 1.29 is 9.84 Å². The zero-order chi connectivity index (χ0) is 8.55. The molecule has 0 radical (unpaired) electrons. The lowest BCUT2D eigenvalue weighted by molar-refractivity contribution is 0.367. The molecule has 0 aromatic heterocycles. The number of hydrogen-bond acceptors (Lipinski definition) is 4. The van der Waals surface area contributed by atoms with E-state index in [2.05, 4.69) is 4.99 Å². The van der Waals surface area contributed by atoms with Crippen LogP contribution in [-0.4, -0.2) is 17.5 Å². The number of ether oxygens (including phenoxy) is 1. The molecule has 1 aliphatic rings. The summed E-state index contributed by atoms with van der Waals surface area (Å²) in [5.41, 5.74) is 6.11. The maximum Gasteiger partial charge on any atom is 0.149 e. The van der Waals surface area contributed by atoms with Crippen molar-refractivity contribution in [3.63, 3.8) is 0 Å². The molecule has 0 atom stereocenters. The van der Waals surface area contributed by atoms with E-state index in [1.54, 1.807) is 12.1 Å². The van der Waals surface area contributed by atoms with E-state index in [-0.39, 0.29) is 12.4 Å². The molecule has 2 rings (SSSR count). The van der Waals surface area contributed by atoms with Gasteiger partial charge in [-0.25, -0.2) is 4.99 Å². The van der Waals surface area contributed by atoms with Crippen molar-refractivity contribution >= 4 is 11.5 Å². The number of amidine groups is 1. The smallest absolute Gasteiger partial charge is 0.149 e. The van der Waals surface area contributed by atoms with E-state index in [0.29, 0.717) is 17.3 Å². The van der Waals surface area contributed by atoms with Crippen molar-refractivity contribution in [2.24, 2.45) is 10.7 Å². The van der Waals surface area contributed by atoms with Crippen LogP contribution in [0.25, 0.3) is 0 Å². The van der Waals surface area contributed by atoms with Gasteiger partial charge < -0.3 is 15.6 Å². The Labute approximate surface area is 69.3 Å². The van der Waals surface area contributed by atoms with E-state index in [1.807, 2.05) is 0 Å². The van der Waals surface area contributed by atoms with Crippen molar-refractivity contribution in [3.8, 4) is 11.5 Å². The number of fused-ring (bicyclic) bond motifs is 1. The van der Waals surface area contributed by atoms with Crippen molar-refractivity contribution in [2.45, 2.75) is 0 Å². The van der Waals surface area contributed by atoms with Crippen LogP contribution in [0.4, 0.5) is 5.69 Å². The average molecular weight is 164 g/mol. The van der Waals surface area contributed by atoms with Crippen LogP contribution in [0.2, 0.25) is 0 Å². The van der Waals surface area contributed by atoms with Crippen LogP contribution in [0.3, 0.4) is 0 Å². The Hall–Kier alpha value is -1.71. The summed E-state index contributed by atoms with van der Waals surface area (Å²) in [5.74, 6) is 1.20. The number of phenols is 1. The summed E-state index contributed by atoms with van der Waals surface area (Å²) in [7, 11) is 0. The van der Waals surface area contributed by atoms with E-state index in [0.717, 1.165) is 0 Å². The monoisotopic (exact) mass is 164 g/mol. The summed E-state index contributed by atoms with van der Waals surface area (Å²) in [4.78, 5) is 4.05. The molecule has 0 spiro atoms. The fourth-order valence-electron chi connectivity index (χ4n) is 1.05. The molecule has 0 fully saturated rings. The van der Waals surface area contributed by atoms with Gasteiger partial charge in [0.1, 0.15) is 29.6 Å². The first-order valence-corrected chi connectivity index (χ1v) is 3.54. The number of rotatable bonds is 0. The van der Waals surface area contributed by atoms with Gasteiger partial charge in [0, 0.05) is 6.07 Å². The van der Waals surface area contributed by atoms with Crippen LogP contribution in [0.5, 0.6) is 11.5 Å². The molecule has 62 valence electrons. The summed E-state index contributed by atoms with van der Waals surface area (Å²) in [6.45, 7) is 0.288. The first-order valence-electron chi connectivity index (χ1n) is 3.54. The van der Waals surface area contributed by atoms with Gasteiger partial charge in [-0.3, -0.25) is 0 Å². The first-order chi connectivity index (χ1) is 5.75. The van der Waals surface area contributed by atoms with Crippen LogP contribution in [0.15, 0.2) is 23.2 Å². The Morgan fingerprint density at radius 3 is 3.17 bits per heavy atom. The van der Waals surface area contributed by atoms with Gasteiger partial charge in [-0.1, -0.05) is 0 Å². The van der Waals surface area contributed by atoms with Gasteiger partial charge in [0.15, 0.2) is 0 Å². The summed E-state index contributed by atoms with van der Waals surface area (Å²) in [5, 5.41) is 9.09. The largest absolute Gasteiger partial charge is 0.508 e. The summed E-state index contributed by atoms with van der Waals surface area (Å²) < 4.78 is 5.20. The number of hydrogen-bond donors (Lipinski definition) is 2. The fourth-order valence-corrected chi connectivity index (χ4v) is 1.05. The van der Waals surface area contributed by atoms with Crippen molar-refractivity contribution in [1.29, 1.82) is 0 Å². The maximum atomic E-state index is 9.09. The number of nitrogens with zero attached hydrogens (tertiary/aromatic N) is 1.